The van der Waals surface area contributed by atoms with E-state index in [9.17, 15) is 4.79 Å². The first-order valence-electron chi connectivity index (χ1n) is 4.44. The van der Waals surface area contributed by atoms with Crippen molar-refractivity contribution < 1.29 is 9.90 Å². The Morgan fingerprint density at radius 3 is 2.64 bits per heavy atom. The number of carboxylic acid groups (broad SMARTS) is 1. The lowest BCUT2D eigenvalue weighted by Gasteiger charge is -2.29. The van der Waals surface area contributed by atoms with E-state index in [4.69, 9.17) is 5.11 Å². The first-order chi connectivity index (χ1) is 6.50. The fourth-order valence-corrected chi connectivity index (χ4v) is 2.46. The number of carboxylic acids is 1. The number of aliphatic carboxylic acids is 1. The molecule has 0 radical (unpaired) electrons. The second kappa shape index (κ2) is 4.11. The number of hydrogen-bond donors (Lipinski definition) is 2. The Bertz CT molecular complexity index is 306. The van der Waals surface area contributed by atoms with Gasteiger partial charge in [0.15, 0.2) is 0 Å². The van der Waals surface area contributed by atoms with Gasteiger partial charge in [-0.05, 0) is 32.3 Å². The van der Waals surface area contributed by atoms with Crippen molar-refractivity contribution in [1.29, 1.82) is 0 Å². The van der Waals surface area contributed by atoms with Crippen molar-refractivity contribution >= 4 is 17.3 Å². The highest BCUT2D eigenvalue weighted by Crippen LogP contribution is 2.35. The predicted octanol–water partition coefficient (Wildman–Crippen LogP) is 2.12. The zero-order chi connectivity index (χ0) is 10.8. The lowest BCUT2D eigenvalue weighted by molar-refractivity contribution is -0.148. The molecule has 0 fully saturated rings. The van der Waals surface area contributed by atoms with E-state index >= 15 is 0 Å². The van der Waals surface area contributed by atoms with Gasteiger partial charge in [-0.3, -0.25) is 4.79 Å². The molecule has 0 bridgehead atoms. The molecule has 1 heterocycles. The minimum atomic E-state index is -0.792. The summed E-state index contributed by atoms with van der Waals surface area (Å²) in [6.07, 6.45) is 0. The maximum atomic E-state index is 11.1. The maximum absolute atomic E-state index is 11.1. The van der Waals surface area contributed by atoms with Gasteiger partial charge in [0.05, 0.1) is 11.5 Å². The van der Waals surface area contributed by atoms with Gasteiger partial charge in [-0.25, -0.2) is 0 Å². The van der Waals surface area contributed by atoms with Crippen LogP contribution in [0.4, 0.5) is 0 Å². The van der Waals surface area contributed by atoms with Gasteiger partial charge in [-0.15, -0.1) is 11.3 Å². The molecule has 0 aliphatic carbocycles. The molecule has 1 aromatic rings. The number of rotatable bonds is 4. The van der Waals surface area contributed by atoms with Crippen LogP contribution in [0.2, 0.25) is 0 Å². The summed E-state index contributed by atoms with van der Waals surface area (Å²) < 4.78 is 0. The van der Waals surface area contributed by atoms with E-state index in [-0.39, 0.29) is 6.04 Å². The Labute approximate surface area is 87.8 Å². The molecule has 1 aromatic heterocycles. The largest absolute Gasteiger partial charge is 0.481 e. The van der Waals surface area contributed by atoms with Crippen molar-refractivity contribution in [2.24, 2.45) is 5.41 Å². The normalized spacial score (nSPS) is 13.9. The van der Waals surface area contributed by atoms with E-state index in [1.54, 1.807) is 32.2 Å². The number of hydrogen-bond acceptors (Lipinski definition) is 3. The zero-order valence-electron chi connectivity index (χ0n) is 8.57. The number of nitrogens with one attached hydrogen (secondary N) is 1. The van der Waals surface area contributed by atoms with Crippen LogP contribution in [0.15, 0.2) is 17.5 Å². The quantitative estimate of drug-likeness (QED) is 0.805. The predicted molar refractivity (Wildman–Crippen MR) is 57.5 cm³/mol. The molecule has 0 spiro atoms. The van der Waals surface area contributed by atoms with E-state index in [2.05, 4.69) is 5.32 Å². The molecule has 14 heavy (non-hydrogen) atoms. The highest BCUT2D eigenvalue weighted by Gasteiger charge is 2.37. The van der Waals surface area contributed by atoms with Crippen molar-refractivity contribution in [1.82, 2.24) is 5.32 Å². The average Bonchev–Trinajstić information content (AvgIpc) is 2.57. The molecule has 0 saturated carbocycles. The Hall–Kier alpha value is -0.870. The Kier molecular flexibility index (Phi) is 3.29. The molecule has 1 rings (SSSR count). The standard InChI is InChI=1S/C10H15NO2S/c1-10(2,9(12)13)8(11-3)7-5-4-6-14-7/h4-6,8,11H,1-3H3,(H,12,13). The molecule has 4 heteroatoms. The van der Waals surface area contributed by atoms with Gasteiger partial charge < -0.3 is 10.4 Å². The molecule has 0 aliphatic rings. The first-order valence-corrected chi connectivity index (χ1v) is 5.32. The van der Waals surface area contributed by atoms with Crippen LogP contribution >= 0.6 is 11.3 Å². The van der Waals surface area contributed by atoms with Gasteiger partial charge in [0.2, 0.25) is 0 Å². The molecule has 1 unspecified atom stereocenters. The van der Waals surface area contributed by atoms with Crippen LogP contribution < -0.4 is 5.32 Å². The fraction of sp³-hybridized carbons (Fsp3) is 0.500. The third-order valence-electron chi connectivity index (χ3n) is 2.39. The molecule has 0 saturated heterocycles. The minimum Gasteiger partial charge on any atom is -0.481 e. The third-order valence-corrected chi connectivity index (χ3v) is 3.33. The summed E-state index contributed by atoms with van der Waals surface area (Å²) >= 11 is 1.57. The zero-order valence-corrected chi connectivity index (χ0v) is 9.39. The topological polar surface area (TPSA) is 49.3 Å². The average molecular weight is 213 g/mol. The lowest BCUT2D eigenvalue weighted by Crippen LogP contribution is -2.37. The summed E-state index contributed by atoms with van der Waals surface area (Å²) in [7, 11) is 1.79. The summed E-state index contributed by atoms with van der Waals surface area (Å²) in [5.41, 5.74) is -0.792. The van der Waals surface area contributed by atoms with Gasteiger partial charge >= 0.3 is 5.97 Å². The SMILES string of the molecule is CNC(c1cccs1)C(C)(C)C(=O)O. The van der Waals surface area contributed by atoms with Crippen molar-refractivity contribution in [2.75, 3.05) is 7.05 Å². The molecule has 3 nitrogen and oxygen atoms in total. The van der Waals surface area contributed by atoms with Gasteiger partial charge in [-0.1, -0.05) is 6.07 Å². The van der Waals surface area contributed by atoms with Gasteiger partial charge in [0, 0.05) is 4.88 Å². The Balaban J connectivity index is 2.98. The van der Waals surface area contributed by atoms with Crippen LogP contribution in [0.3, 0.4) is 0 Å². The monoisotopic (exact) mass is 213 g/mol. The van der Waals surface area contributed by atoms with E-state index in [0.717, 1.165) is 4.88 Å². The fourth-order valence-electron chi connectivity index (χ4n) is 1.44. The maximum Gasteiger partial charge on any atom is 0.311 e. The summed E-state index contributed by atoms with van der Waals surface area (Å²) in [6.45, 7) is 3.46. The molecule has 78 valence electrons. The van der Waals surface area contributed by atoms with Crippen LogP contribution in [-0.2, 0) is 4.79 Å². The van der Waals surface area contributed by atoms with Gasteiger partial charge in [0.25, 0.3) is 0 Å². The molecule has 2 N–H and O–H groups in total. The second-order valence-electron chi connectivity index (χ2n) is 3.76. The summed E-state index contributed by atoms with van der Waals surface area (Å²) in [4.78, 5) is 12.1. The molecule has 0 aromatic carbocycles. The van der Waals surface area contributed by atoms with Crippen LogP contribution in [0.25, 0.3) is 0 Å². The number of thiophene rings is 1. The van der Waals surface area contributed by atoms with Crippen molar-refractivity contribution in [3.05, 3.63) is 22.4 Å². The van der Waals surface area contributed by atoms with Crippen molar-refractivity contribution in [3.63, 3.8) is 0 Å². The van der Waals surface area contributed by atoms with Crippen LogP contribution in [0.1, 0.15) is 24.8 Å². The van der Waals surface area contributed by atoms with Crippen LogP contribution in [0.5, 0.6) is 0 Å². The van der Waals surface area contributed by atoms with Gasteiger partial charge in [0.1, 0.15) is 0 Å². The summed E-state index contributed by atoms with van der Waals surface area (Å²) in [6, 6.07) is 3.75. The third kappa shape index (κ3) is 1.96. The first kappa shape index (κ1) is 11.2. The van der Waals surface area contributed by atoms with E-state index in [1.807, 2.05) is 17.5 Å². The summed E-state index contributed by atoms with van der Waals surface area (Å²) in [5.74, 6) is -0.787. The van der Waals surface area contributed by atoms with Crippen LogP contribution in [-0.4, -0.2) is 18.1 Å². The van der Waals surface area contributed by atoms with Gasteiger partial charge in [-0.2, -0.15) is 0 Å². The van der Waals surface area contributed by atoms with Crippen molar-refractivity contribution in [3.8, 4) is 0 Å². The molecule has 0 aliphatic heterocycles. The molecular weight excluding hydrogens is 198 g/mol. The van der Waals surface area contributed by atoms with E-state index in [0.29, 0.717) is 0 Å². The molecule has 1 atom stereocenters. The van der Waals surface area contributed by atoms with E-state index in [1.165, 1.54) is 0 Å². The number of carbonyl (C=O) groups is 1. The Morgan fingerprint density at radius 2 is 2.29 bits per heavy atom. The minimum absolute atomic E-state index is 0.139. The van der Waals surface area contributed by atoms with Crippen molar-refractivity contribution in [2.45, 2.75) is 19.9 Å². The molecular formula is C10H15NO2S. The van der Waals surface area contributed by atoms with Crippen LogP contribution in [0, 0.1) is 5.41 Å². The second-order valence-corrected chi connectivity index (χ2v) is 4.74. The Morgan fingerprint density at radius 1 is 1.64 bits per heavy atom. The highest BCUT2D eigenvalue weighted by molar-refractivity contribution is 7.10. The molecule has 0 amide bonds. The smallest absolute Gasteiger partial charge is 0.311 e. The van der Waals surface area contributed by atoms with E-state index < -0.39 is 11.4 Å². The lowest BCUT2D eigenvalue weighted by atomic mass is 9.84. The summed E-state index contributed by atoms with van der Waals surface area (Å²) in [5, 5.41) is 14.1. The highest BCUT2D eigenvalue weighted by atomic mass is 32.1.